The normalized spacial score (nSPS) is 16.3. The Kier molecular flexibility index (Phi) is 4.92. The Hall–Kier alpha value is -3.41. The van der Waals surface area contributed by atoms with Gasteiger partial charge in [0.1, 0.15) is 11.5 Å². The fourth-order valence-corrected chi connectivity index (χ4v) is 3.87. The number of hydrogen-bond donors (Lipinski definition) is 1. The van der Waals surface area contributed by atoms with E-state index in [-0.39, 0.29) is 18.4 Å². The number of allylic oxidation sites excluding steroid dienone is 1. The smallest absolute Gasteiger partial charge is 0.274 e. The molecule has 2 amide bonds. The van der Waals surface area contributed by atoms with Crippen LogP contribution in [-0.2, 0) is 9.59 Å². The van der Waals surface area contributed by atoms with Crippen LogP contribution in [0.15, 0.2) is 72.1 Å². The molecule has 5 nitrogen and oxygen atoms in total. The lowest BCUT2D eigenvalue weighted by Gasteiger charge is -2.28. The van der Waals surface area contributed by atoms with Crippen molar-refractivity contribution in [2.75, 3.05) is 25.5 Å². The van der Waals surface area contributed by atoms with Crippen molar-refractivity contribution in [2.45, 2.75) is 12.8 Å². The molecule has 148 valence electrons. The van der Waals surface area contributed by atoms with Crippen LogP contribution in [0.2, 0.25) is 0 Å². The molecule has 0 aliphatic carbocycles. The minimum Gasteiger partial charge on any atom is -0.357 e. The highest BCUT2D eigenvalue weighted by Gasteiger charge is 2.37. The van der Waals surface area contributed by atoms with E-state index in [2.05, 4.69) is 11.9 Å². The van der Waals surface area contributed by atoms with Crippen LogP contribution in [0.1, 0.15) is 12.8 Å². The zero-order valence-corrected chi connectivity index (χ0v) is 16.2. The van der Waals surface area contributed by atoms with Crippen LogP contribution in [0.4, 0.5) is 10.1 Å². The maximum Gasteiger partial charge on any atom is 0.274 e. The van der Waals surface area contributed by atoms with Crippen LogP contribution in [0.25, 0.3) is 11.1 Å². The van der Waals surface area contributed by atoms with E-state index in [0.717, 1.165) is 24.0 Å². The van der Waals surface area contributed by atoms with Crippen molar-refractivity contribution in [3.8, 4) is 11.1 Å². The first kappa shape index (κ1) is 18.9. The largest absolute Gasteiger partial charge is 0.357 e. The predicted molar refractivity (Wildman–Crippen MR) is 110 cm³/mol. The highest BCUT2D eigenvalue weighted by atomic mass is 19.1. The van der Waals surface area contributed by atoms with Gasteiger partial charge in [0.15, 0.2) is 0 Å². The summed E-state index contributed by atoms with van der Waals surface area (Å²) >= 11 is 0. The number of nitrogens with zero attached hydrogens (tertiary/aromatic N) is 2. The van der Waals surface area contributed by atoms with Gasteiger partial charge in [0, 0.05) is 36.1 Å². The van der Waals surface area contributed by atoms with E-state index < -0.39 is 5.82 Å². The second kappa shape index (κ2) is 7.54. The van der Waals surface area contributed by atoms with Gasteiger partial charge in [-0.3, -0.25) is 9.59 Å². The monoisotopic (exact) mass is 391 g/mol. The predicted octanol–water partition coefficient (Wildman–Crippen LogP) is 3.77. The molecule has 0 spiro atoms. The molecule has 0 radical (unpaired) electrons. The molecule has 4 rings (SSSR count). The van der Waals surface area contributed by atoms with Crippen molar-refractivity contribution in [1.29, 1.82) is 0 Å². The number of likely N-dealkylation sites (N-methyl/N-ethyl adjacent to an activating group) is 1. The number of rotatable bonds is 4. The molecule has 0 unspecified atom stereocenters. The minimum absolute atomic E-state index is 0.0355. The SMILES string of the molecule is C=C1C2=C(C(=O)N1C)N(CC(=O)Nc1ccc(-c3ccccc3)c(F)c1)CCC2. The van der Waals surface area contributed by atoms with Gasteiger partial charge in [0.2, 0.25) is 5.91 Å². The van der Waals surface area contributed by atoms with Crippen molar-refractivity contribution in [2.24, 2.45) is 0 Å². The third kappa shape index (κ3) is 3.53. The second-order valence-corrected chi connectivity index (χ2v) is 7.27. The molecule has 0 fully saturated rings. The first-order valence-electron chi connectivity index (χ1n) is 9.56. The van der Waals surface area contributed by atoms with Gasteiger partial charge < -0.3 is 15.1 Å². The lowest BCUT2D eigenvalue weighted by atomic mass is 10.0. The Bertz CT molecular complexity index is 1030. The summed E-state index contributed by atoms with van der Waals surface area (Å²) in [5, 5.41) is 2.74. The van der Waals surface area contributed by atoms with Gasteiger partial charge in [-0.1, -0.05) is 36.9 Å². The quantitative estimate of drug-likeness (QED) is 0.863. The number of halogens is 1. The molecule has 2 aromatic rings. The number of amides is 2. The van der Waals surface area contributed by atoms with Gasteiger partial charge in [0.25, 0.3) is 5.91 Å². The summed E-state index contributed by atoms with van der Waals surface area (Å²) < 4.78 is 14.5. The van der Waals surface area contributed by atoms with Crippen LogP contribution < -0.4 is 5.32 Å². The van der Waals surface area contributed by atoms with Crippen molar-refractivity contribution in [1.82, 2.24) is 9.80 Å². The summed E-state index contributed by atoms with van der Waals surface area (Å²) in [6.07, 6.45) is 1.64. The summed E-state index contributed by atoms with van der Waals surface area (Å²) in [6.45, 7) is 4.63. The number of anilines is 1. The summed E-state index contributed by atoms with van der Waals surface area (Å²) in [5.74, 6) is -0.824. The maximum atomic E-state index is 14.5. The molecule has 0 atom stereocenters. The first-order valence-corrected chi connectivity index (χ1v) is 9.56. The van der Waals surface area contributed by atoms with Crippen LogP contribution in [0.3, 0.4) is 0 Å². The van der Waals surface area contributed by atoms with Crippen LogP contribution in [0, 0.1) is 5.82 Å². The lowest BCUT2D eigenvalue weighted by Crippen LogP contribution is -2.38. The average molecular weight is 391 g/mol. The molecule has 0 bridgehead atoms. The molecule has 1 N–H and O–H groups in total. The number of hydrogen-bond acceptors (Lipinski definition) is 3. The van der Waals surface area contributed by atoms with Crippen molar-refractivity contribution in [3.05, 3.63) is 77.9 Å². The summed E-state index contributed by atoms with van der Waals surface area (Å²) in [5.41, 5.74) is 3.82. The standard InChI is InChI=1S/C23H22FN3O2/c1-15-18-9-6-12-27(22(18)23(29)26(15)2)14-21(28)25-17-10-11-19(20(24)13-17)16-7-4-3-5-8-16/h3-5,7-8,10-11,13H,1,6,9,12,14H2,2H3,(H,25,28). The summed E-state index contributed by atoms with van der Waals surface area (Å²) in [7, 11) is 1.69. The third-order valence-electron chi connectivity index (χ3n) is 5.39. The molecule has 0 saturated carbocycles. The maximum absolute atomic E-state index is 14.5. The van der Waals surface area contributed by atoms with Crippen molar-refractivity contribution in [3.63, 3.8) is 0 Å². The van der Waals surface area contributed by atoms with E-state index in [9.17, 15) is 14.0 Å². The fourth-order valence-electron chi connectivity index (χ4n) is 3.87. The van der Waals surface area contributed by atoms with Gasteiger partial charge in [-0.2, -0.15) is 0 Å². The first-order chi connectivity index (χ1) is 14.0. The molecule has 2 aliphatic rings. The zero-order chi connectivity index (χ0) is 20.5. The van der Waals surface area contributed by atoms with Crippen LogP contribution in [-0.4, -0.2) is 41.8 Å². The summed E-state index contributed by atoms with van der Waals surface area (Å²) in [4.78, 5) is 28.4. The van der Waals surface area contributed by atoms with Gasteiger partial charge >= 0.3 is 0 Å². The number of benzene rings is 2. The molecule has 0 saturated heterocycles. The molecule has 2 aromatic carbocycles. The highest BCUT2D eigenvalue weighted by Crippen LogP contribution is 2.35. The second-order valence-electron chi connectivity index (χ2n) is 7.27. The topological polar surface area (TPSA) is 52.7 Å². The van der Waals surface area contributed by atoms with Gasteiger partial charge in [-0.15, -0.1) is 0 Å². The Labute approximate surface area is 169 Å². The Morgan fingerprint density at radius 2 is 1.97 bits per heavy atom. The van der Waals surface area contributed by atoms with E-state index in [1.54, 1.807) is 24.1 Å². The molecule has 2 heterocycles. The Morgan fingerprint density at radius 1 is 1.21 bits per heavy atom. The third-order valence-corrected chi connectivity index (χ3v) is 5.39. The highest BCUT2D eigenvalue weighted by molar-refractivity contribution is 6.01. The molecule has 2 aliphatic heterocycles. The number of nitrogens with one attached hydrogen (secondary N) is 1. The average Bonchev–Trinajstić information content (AvgIpc) is 2.94. The van der Waals surface area contributed by atoms with Gasteiger partial charge in [0.05, 0.1) is 6.54 Å². The molecule has 6 heteroatoms. The van der Waals surface area contributed by atoms with E-state index >= 15 is 0 Å². The molecule has 0 aromatic heterocycles. The summed E-state index contributed by atoms with van der Waals surface area (Å²) in [6, 6.07) is 13.9. The zero-order valence-electron chi connectivity index (χ0n) is 16.2. The van der Waals surface area contributed by atoms with Crippen molar-refractivity contribution < 1.29 is 14.0 Å². The van der Waals surface area contributed by atoms with E-state index in [1.165, 1.54) is 11.0 Å². The van der Waals surface area contributed by atoms with Crippen LogP contribution >= 0.6 is 0 Å². The number of carbonyl (C=O) groups is 2. The lowest BCUT2D eigenvalue weighted by molar-refractivity contribution is -0.125. The van der Waals surface area contributed by atoms with E-state index in [1.807, 2.05) is 30.3 Å². The van der Waals surface area contributed by atoms with Gasteiger partial charge in [-0.05, 0) is 36.6 Å². The Morgan fingerprint density at radius 3 is 2.69 bits per heavy atom. The van der Waals surface area contributed by atoms with E-state index in [4.69, 9.17) is 0 Å². The molecular formula is C23H22FN3O2. The molecule has 29 heavy (non-hydrogen) atoms. The number of carbonyl (C=O) groups excluding carboxylic acids is 2. The van der Waals surface area contributed by atoms with Crippen molar-refractivity contribution >= 4 is 17.5 Å². The molecular weight excluding hydrogens is 369 g/mol. The van der Waals surface area contributed by atoms with E-state index in [0.29, 0.717) is 29.2 Å². The van der Waals surface area contributed by atoms with Gasteiger partial charge in [-0.25, -0.2) is 4.39 Å². The fraction of sp³-hybridized carbons (Fsp3) is 0.217. The van der Waals surface area contributed by atoms with Crippen LogP contribution in [0.5, 0.6) is 0 Å². The minimum atomic E-state index is -0.402. The Balaban J connectivity index is 1.47.